The molecule has 0 heterocycles. The van der Waals surface area contributed by atoms with Crippen LogP contribution in [-0.4, -0.2) is 0 Å². The van der Waals surface area contributed by atoms with Crippen LogP contribution in [0.4, 0.5) is 4.39 Å². The normalized spacial score (nSPS) is 11.0. The molecule has 0 amide bonds. The van der Waals surface area contributed by atoms with E-state index in [4.69, 9.17) is 11.6 Å². The molecule has 2 heteroatoms. The van der Waals surface area contributed by atoms with Gasteiger partial charge in [0, 0.05) is 0 Å². The molecule has 0 aliphatic carbocycles. The van der Waals surface area contributed by atoms with Gasteiger partial charge in [0.25, 0.3) is 0 Å². The van der Waals surface area contributed by atoms with Crippen LogP contribution in [0.3, 0.4) is 0 Å². The molecule has 84 valence electrons. The smallest absolute Gasteiger partial charge is 0.142 e. The van der Waals surface area contributed by atoms with E-state index in [-0.39, 0.29) is 5.82 Å². The highest BCUT2D eigenvalue weighted by Gasteiger charge is 2.15. The van der Waals surface area contributed by atoms with Crippen molar-refractivity contribution in [3.05, 3.63) is 34.6 Å². The Labute approximate surface area is 96.5 Å². The zero-order valence-electron chi connectivity index (χ0n) is 9.39. The third kappa shape index (κ3) is 3.20. The lowest BCUT2D eigenvalue weighted by Gasteiger charge is -2.17. The minimum Gasteiger partial charge on any atom is -0.205 e. The van der Waals surface area contributed by atoms with Gasteiger partial charge in [-0.1, -0.05) is 50.4 Å². The van der Waals surface area contributed by atoms with Crippen molar-refractivity contribution in [1.82, 2.24) is 0 Å². The summed E-state index contributed by atoms with van der Waals surface area (Å²) in [6.45, 7) is 4.30. The van der Waals surface area contributed by atoms with Gasteiger partial charge in [-0.2, -0.15) is 0 Å². The average molecular weight is 229 g/mol. The summed E-state index contributed by atoms with van der Waals surface area (Å²) in [4.78, 5) is 0. The summed E-state index contributed by atoms with van der Waals surface area (Å²) >= 11 is 5.98. The Hall–Kier alpha value is -0.560. The van der Waals surface area contributed by atoms with Crippen LogP contribution >= 0.6 is 11.6 Å². The SMILES string of the molecule is CCCC(CCC)c1cccc(F)c1Cl. The highest BCUT2D eigenvalue weighted by Crippen LogP contribution is 2.32. The van der Waals surface area contributed by atoms with Gasteiger partial charge in [-0.3, -0.25) is 0 Å². The molecule has 0 fully saturated rings. The zero-order chi connectivity index (χ0) is 11.3. The number of hydrogen-bond acceptors (Lipinski definition) is 0. The Morgan fingerprint density at radius 1 is 1.20 bits per heavy atom. The van der Waals surface area contributed by atoms with E-state index in [9.17, 15) is 4.39 Å². The predicted molar refractivity (Wildman–Crippen MR) is 64.0 cm³/mol. The Balaban J connectivity index is 2.94. The maximum Gasteiger partial charge on any atom is 0.142 e. The van der Waals surface area contributed by atoms with E-state index in [1.54, 1.807) is 6.07 Å². The molecule has 0 saturated carbocycles. The molecule has 15 heavy (non-hydrogen) atoms. The van der Waals surface area contributed by atoms with Gasteiger partial charge in [0.2, 0.25) is 0 Å². The molecule has 0 radical (unpaired) electrons. The van der Waals surface area contributed by atoms with E-state index in [1.807, 2.05) is 6.07 Å². The van der Waals surface area contributed by atoms with E-state index in [0.29, 0.717) is 10.9 Å². The van der Waals surface area contributed by atoms with E-state index in [0.717, 1.165) is 31.2 Å². The number of rotatable bonds is 5. The van der Waals surface area contributed by atoms with Crippen LogP contribution < -0.4 is 0 Å². The van der Waals surface area contributed by atoms with Crippen molar-refractivity contribution >= 4 is 11.6 Å². The Bertz CT molecular complexity index is 303. The fourth-order valence-corrected chi connectivity index (χ4v) is 2.27. The predicted octanol–water partition coefficient (Wildman–Crippen LogP) is 5.16. The van der Waals surface area contributed by atoms with Crippen molar-refractivity contribution in [2.24, 2.45) is 0 Å². The van der Waals surface area contributed by atoms with Gasteiger partial charge in [-0.15, -0.1) is 0 Å². The molecule has 0 atom stereocenters. The lowest BCUT2D eigenvalue weighted by molar-refractivity contribution is 0.553. The molecule has 0 saturated heterocycles. The first-order valence-electron chi connectivity index (χ1n) is 5.64. The Morgan fingerprint density at radius 2 is 1.80 bits per heavy atom. The maximum absolute atomic E-state index is 13.3. The van der Waals surface area contributed by atoms with Gasteiger partial charge in [0.15, 0.2) is 0 Å². The lowest BCUT2D eigenvalue weighted by Crippen LogP contribution is -2.00. The van der Waals surface area contributed by atoms with Crippen molar-refractivity contribution in [3.63, 3.8) is 0 Å². The fourth-order valence-electron chi connectivity index (χ4n) is 1.99. The van der Waals surface area contributed by atoms with E-state index < -0.39 is 0 Å². The maximum atomic E-state index is 13.3. The fraction of sp³-hybridized carbons (Fsp3) is 0.538. The lowest BCUT2D eigenvalue weighted by atomic mass is 9.90. The van der Waals surface area contributed by atoms with Gasteiger partial charge >= 0.3 is 0 Å². The Kier molecular flexibility index (Phi) is 5.10. The van der Waals surface area contributed by atoms with Gasteiger partial charge < -0.3 is 0 Å². The molecule has 1 aromatic rings. The van der Waals surface area contributed by atoms with Gasteiger partial charge in [0.1, 0.15) is 5.82 Å². The number of halogens is 2. The quantitative estimate of drug-likeness (QED) is 0.653. The summed E-state index contributed by atoms with van der Waals surface area (Å²) in [5, 5.41) is 0.310. The minimum atomic E-state index is -0.300. The van der Waals surface area contributed by atoms with Crippen LogP contribution in [0.15, 0.2) is 18.2 Å². The summed E-state index contributed by atoms with van der Waals surface area (Å²) in [5.41, 5.74) is 0.973. The third-order valence-electron chi connectivity index (χ3n) is 2.70. The average Bonchev–Trinajstić information content (AvgIpc) is 2.22. The first kappa shape index (κ1) is 12.5. The molecule has 1 rings (SSSR count). The third-order valence-corrected chi connectivity index (χ3v) is 3.09. The standard InChI is InChI=1S/C13H18ClF/c1-3-6-10(7-4-2)11-8-5-9-12(15)13(11)14/h5,8-10H,3-4,6-7H2,1-2H3. The van der Waals surface area contributed by atoms with Gasteiger partial charge in [-0.25, -0.2) is 4.39 Å². The molecule has 0 nitrogen and oxygen atoms in total. The second-order valence-corrected chi connectivity index (χ2v) is 4.30. The zero-order valence-corrected chi connectivity index (χ0v) is 10.1. The highest BCUT2D eigenvalue weighted by molar-refractivity contribution is 6.31. The van der Waals surface area contributed by atoms with Crippen molar-refractivity contribution in [3.8, 4) is 0 Å². The van der Waals surface area contributed by atoms with E-state index in [1.165, 1.54) is 6.07 Å². The molecule has 0 aromatic heterocycles. The molecule has 0 aliphatic rings. The van der Waals surface area contributed by atoms with Crippen LogP contribution in [-0.2, 0) is 0 Å². The minimum absolute atomic E-state index is 0.300. The van der Waals surface area contributed by atoms with Crippen LogP contribution in [0.25, 0.3) is 0 Å². The first-order chi connectivity index (χ1) is 7.20. The second kappa shape index (κ2) is 6.12. The molecule has 0 N–H and O–H groups in total. The molecular weight excluding hydrogens is 211 g/mol. The largest absolute Gasteiger partial charge is 0.205 e. The summed E-state index contributed by atoms with van der Waals surface area (Å²) < 4.78 is 13.3. The van der Waals surface area contributed by atoms with E-state index >= 15 is 0 Å². The van der Waals surface area contributed by atoms with Crippen molar-refractivity contribution < 1.29 is 4.39 Å². The van der Waals surface area contributed by atoms with Crippen molar-refractivity contribution in [1.29, 1.82) is 0 Å². The summed E-state index contributed by atoms with van der Waals surface area (Å²) in [5.74, 6) is 0.106. The van der Waals surface area contributed by atoms with Crippen LogP contribution in [0, 0.1) is 5.82 Å². The summed E-state index contributed by atoms with van der Waals surface area (Å²) in [6.07, 6.45) is 4.38. The van der Waals surface area contributed by atoms with Gasteiger partial charge in [-0.05, 0) is 30.4 Å². The van der Waals surface area contributed by atoms with Gasteiger partial charge in [0.05, 0.1) is 5.02 Å². The molecule has 0 spiro atoms. The topological polar surface area (TPSA) is 0 Å². The van der Waals surface area contributed by atoms with E-state index in [2.05, 4.69) is 13.8 Å². The van der Waals surface area contributed by atoms with Crippen LogP contribution in [0.5, 0.6) is 0 Å². The molecular formula is C13H18ClF. The van der Waals surface area contributed by atoms with Crippen molar-refractivity contribution in [2.75, 3.05) is 0 Å². The molecule has 1 aromatic carbocycles. The van der Waals surface area contributed by atoms with Crippen LogP contribution in [0.2, 0.25) is 5.02 Å². The second-order valence-electron chi connectivity index (χ2n) is 3.92. The van der Waals surface area contributed by atoms with Crippen molar-refractivity contribution in [2.45, 2.75) is 45.4 Å². The monoisotopic (exact) mass is 228 g/mol. The molecule has 0 aliphatic heterocycles. The molecule has 0 bridgehead atoms. The first-order valence-corrected chi connectivity index (χ1v) is 6.02. The summed E-state index contributed by atoms with van der Waals surface area (Å²) in [6, 6.07) is 5.11. The van der Waals surface area contributed by atoms with Crippen LogP contribution in [0.1, 0.15) is 51.0 Å². The number of hydrogen-bond donors (Lipinski definition) is 0. The summed E-state index contributed by atoms with van der Waals surface area (Å²) in [7, 11) is 0. The Morgan fingerprint density at radius 3 is 2.33 bits per heavy atom. The highest BCUT2D eigenvalue weighted by atomic mass is 35.5. The number of benzene rings is 1. The molecule has 0 unspecified atom stereocenters.